The number of carboxylic acids is 3. The molecule has 41 heavy (non-hydrogen) atoms. The van der Waals surface area contributed by atoms with Gasteiger partial charge in [0.2, 0.25) is 0 Å². The molecule has 1 saturated heterocycles. The second-order valence-electron chi connectivity index (χ2n) is 10.1. The van der Waals surface area contributed by atoms with E-state index >= 15 is 0 Å². The number of aliphatic carboxylic acids is 3. The molecule has 2 aliphatic rings. The number of carbonyl (C=O) groups is 5. The van der Waals surface area contributed by atoms with Gasteiger partial charge in [-0.2, -0.15) is 0 Å². The van der Waals surface area contributed by atoms with Crippen molar-refractivity contribution in [3.05, 3.63) is 35.6 Å². The van der Waals surface area contributed by atoms with Crippen molar-refractivity contribution in [2.24, 2.45) is 10.6 Å². The fraction of sp³-hybridized carbons (Fsp3) is 0.556. The van der Waals surface area contributed by atoms with Crippen LogP contribution in [-0.4, -0.2) is 98.6 Å². The number of nitrogens with zero attached hydrogens (tertiary/aromatic N) is 2. The maximum Gasteiger partial charge on any atom is 0.336 e. The minimum absolute atomic E-state index is 0.0712. The molecule has 1 fully saturated rings. The molecule has 0 amide bonds. The fourth-order valence-electron chi connectivity index (χ4n) is 4.92. The van der Waals surface area contributed by atoms with E-state index in [-0.39, 0.29) is 23.7 Å². The summed E-state index contributed by atoms with van der Waals surface area (Å²) in [6, 6.07) is 6.46. The number of benzene rings is 1. The van der Waals surface area contributed by atoms with E-state index in [0.29, 0.717) is 50.2 Å². The highest BCUT2D eigenvalue weighted by atomic mass is 19.1. The molecule has 2 heterocycles. The SMILES string of the molecule is CCOC(=O)C1(CC2CC(c3ccccc3F)=NO2)CCCN(CC(C)=O)C1.O=C(O)CC(O)(CC(=O)O)C(=O)O. The van der Waals surface area contributed by atoms with E-state index in [0.717, 1.165) is 13.0 Å². The van der Waals surface area contributed by atoms with Crippen LogP contribution in [0.5, 0.6) is 0 Å². The lowest BCUT2D eigenvalue weighted by Crippen LogP contribution is -2.51. The smallest absolute Gasteiger partial charge is 0.336 e. The lowest BCUT2D eigenvalue weighted by atomic mass is 9.74. The van der Waals surface area contributed by atoms with Crippen LogP contribution >= 0.6 is 0 Å². The molecule has 0 aromatic heterocycles. The molecule has 226 valence electrons. The van der Waals surface area contributed by atoms with Crippen molar-refractivity contribution in [3.8, 4) is 0 Å². The Hall–Kier alpha value is -3.91. The van der Waals surface area contributed by atoms with Gasteiger partial charge in [0.15, 0.2) is 5.60 Å². The summed E-state index contributed by atoms with van der Waals surface area (Å²) in [4.78, 5) is 62.5. The quantitative estimate of drug-likeness (QED) is 0.260. The number of ketones is 1. The molecule has 2 unspecified atom stereocenters. The Balaban J connectivity index is 0.000000383. The van der Waals surface area contributed by atoms with Crippen LogP contribution in [0.25, 0.3) is 0 Å². The van der Waals surface area contributed by atoms with Crippen molar-refractivity contribution in [3.63, 3.8) is 0 Å². The molecule has 1 aromatic carbocycles. The second-order valence-corrected chi connectivity index (χ2v) is 10.1. The van der Waals surface area contributed by atoms with Crippen LogP contribution in [-0.2, 0) is 33.5 Å². The number of hydrogen-bond donors (Lipinski definition) is 4. The fourth-order valence-corrected chi connectivity index (χ4v) is 4.92. The van der Waals surface area contributed by atoms with E-state index < -0.39 is 41.8 Å². The van der Waals surface area contributed by atoms with Gasteiger partial charge in [0.1, 0.15) is 17.7 Å². The summed E-state index contributed by atoms with van der Waals surface area (Å²) in [6.07, 6.45) is -0.259. The molecule has 0 saturated carbocycles. The molecule has 4 N–H and O–H groups in total. The van der Waals surface area contributed by atoms with Crippen molar-refractivity contribution in [1.82, 2.24) is 4.90 Å². The average molecular weight is 583 g/mol. The summed E-state index contributed by atoms with van der Waals surface area (Å²) >= 11 is 0. The number of esters is 1. The van der Waals surface area contributed by atoms with Crippen LogP contribution in [0, 0.1) is 11.2 Å². The number of likely N-dealkylation sites (tertiary alicyclic amines) is 1. The van der Waals surface area contributed by atoms with Gasteiger partial charge in [-0.15, -0.1) is 0 Å². The van der Waals surface area contributed by atoms with E-state index in [1.54, 1.807) is 32.0 Å². The third kappa shape index (κ3) is 9.60. The molecule has 2 atom stereocenters. The van der Waals surface area contributed by atoms with Crippen LogP contribution in [0.2, 0.25) is 0 Å². The van der Waals surface area contributed by atoms with Gasteiger partial charge in [-0.05, 0) is 39.3 Å². The number of oxime groups is 1. The van der Waals surface area contributed by atoms with Crippen LogP contribution in [0.4, 0.5) is 4.39 Å². The zero-order valence-corrected chi connectivity index (χ0v) is 22.9. The molecule has 13 nitrogen and oxygen atoms in total. The summed E-state index contributed by atoms with van der Waals surface area (Å²) < 4.78 is 19.4. The van der Waals surface area contributed by atoms with Gasteiger partial charge in [-0.1, -0.05) is 23.4 Å². The molecule has 14 heteroatoms. The molecule has 2 aliphatic heterocycles. The minimum atomic E-state index is -2.74. The van der Waals surface area contributed by atoms with Crippen molar-refractivity contribution in [2.75, 3.05) is 26.2 Å². The Morgan fingerprint density at radius 3 is 2.32 bits per heavy atom. The molecule has 1 aromatic rings. The van der Waals surface area contributed by atoms with Gasteiger partial charge in [-0.25, -0.2) is 9.18 Å². The third-order valence-corrected chi connectivity index (χ3v) is 6.63. The number of rotatable bonds is 12. The average Bonchev–Trinajstić information content (AvgIpc) is 3.31. The lowest BCUT2D eigenvalue weighted by molar-refractivity contribution is -0.170. The summed E-state index contributed by atoms with van der Waals surface area (Å²) in [5.41, 5.74) is -2.50. The van der Waals surface area contributed by atoms with E-state index in [4.69, 9.17) is 30.0 Å². The lowest BCUT2D eigenvalue weighted by Gasteiger charge is -2.41. The highest BCUT2D eigenvalue weighted by molar-refractivity contribution is 6.01. The maximum absolute atomic E-state index is 14.1. The summed E-state index contributed by atoms with van der Waals surface area (Å²) in [5, 5.41) is 37.9. The highest BCUT2D eigenvalue weighted by Crippen LogP contribution is 2.39. The Kier molecular flexibility index (Phi) is 11.9. The zero-order valence-electron chi connectivity index (χ0n) is 22.9. The van der Waals surface area contributed by atoms with E-state index in [1.807, 2.05) is 4.90 Å². The van der Waals surface area contributed by atoms with Gasteiger partial charge >= 0.3 is 23.9 Å². The van der Waals surface area contributed by atoms with E-state index in [2.05, 4.69) is 5.16 Å². The number of halogens is 1. The van der Waals surface area contributed by atoms with Crippen molar-refractivity contribution in [1.29, 1.82) is 0 Å². The predicted octanol–water partition coefficient (Wildman–Crippen LogP) is 1.69. The number of hydrogen-bond acceptors (Lipinski definition) is 10. The first kappa shape index (κ1) is 33.3. The summed E-state index contributed by atoms with van der Waals surface area (Å²) in [7, 11) is 0. The minimum Gasteiger partial charge on any atom is -0.481 e. The largest absolute Gasteiger partial charge is 0.481 e. The first-order chi connectivity index (χ1) is 19.2. The number of aliphatic hydroxyl groups is 1. The monoisotopic (exact) mass is 582 g/mol. The second kappa shape index (κ2) is 14.6. The number of ether oxygens (including phenoxy) is 1. The molecule has 0 spiro atoms. The molecular formula is C27H35FN2O11. The molecule has 0 bridgehead atoms. The maximum atomic E-state index is 14.1. The number of Topliss-reactive ketones (excluding diaryl/α,β-unsaturated/α-hetero) is 1. The van der Waals surface area contributed by atoms with Gasteiger partial charge in [0, 0.05) is 24.9 Å². The number of carboxylic acid groups (broad SMARTS) is 3. The van der Waals surface area contributed by atoms with Gasteiger partial charge in [0.25, 0.3) is 0 Å². The topological polar surface area (TPSA) is 200 Å². The molecule has 3 rings (SSSR count). The normalized spacial score (nSPS) is 20.6. The standard InChI is InChI=1S/C21H27FN2O4.C6H8O7/c1-3-27-20(26)21(9-6-10-24(14-21)13-15(2)25)12-16-11-19(23-28-16)17-7-4-5-8-18(17)22;7-3(8)1-6(13,5(11)12)2-4(9)10/h4-5,7-8,16H,3,6,9-14H2,1-2H3;13H,1-2H2,(H,7,8)(H,9,10)(H,11,12). The third-order valence-electron chi connectivity index (χ3n) is 6.63. The van der Waals surface area contributed by atoms with E-state index in [9.17, 15) is 28.4 Å². The first-order valence-corrected chi connectivity index (χ1v) is 13.0. The molecule has 0 aliphatic carbocycles. The van der Waals surface area contributed by atoms with Gasteiger partial charge < -0.3 is 30.0 Å². The zero-order chi connectivity index (χ0) is 30.8. The van der Waals surface area contributed by atoms with Gasteiger partial charge in [-0.3, -0.25) is 24.1 Å². The Morgan fingerprint density at radius 1 is 1.15 bits per heavy atom. The van der Waals surface area contributed by atoms with Crippen LogP contribution in [0.1, 0.15) is 57.9 Å². The van der Waals surface area contributed by atoms with Crippen LogP contribution < -0.4 is 0 Å². The first-order valence-electron chi connectivity index (χ1n) is 13.0. The molecule has 0 radical (unpaired) electrons. The van der Waals surface area contributed by atoms with Crippen LogP contribution in [0.3, 0.4) is 0 Å². The Bertz CT molecular complexity index is 1160. The van der Waals surface area contributed by atoms with Crippen molar-refractivity contribution in [2.45, 2.75) is 64.1 Å². The number of piperidine rings is 1. The van der Waals surface area contributed by atoms with Crippen LogP contribution in [0.15, 0.2) is 29.4 Å². The Labute approximate surface area is 235 Å². The predicted molar refractivity (Wildman–Crippen MR) is 140 cm³/mol. The van der Waals surface area contributed by atoms with Gasteiger partial charge in [0.05, 0.1) is 37.1 Å². The highest BCUT2D eigenvalue weighted by Gasteiger charge is 2.47. The van der Waals surface area contributed by atoms with Crippen molar-refractivity contribution >= 4 is 35.4 Å². The Morgan fingerprint density at radius 2 is 1.78 bits per heavy atom. The summed E-state index contributed by atoms with van der Waals surface area (Å²) in [5.74, 6) is -5.54. The van der Waals surface area contributed by atoms with E-state index in [1.165, 1.54) is 6.07 Å². The van der Waals surface area contributed by atoms with Crippen molar-refractivity contribution < 1.29 is 58.4 Å². The molecular weight excluding hydrogens is 547 g/mol. The number of carbonyl (C=O) groups excluding carboxylic acids is 2. The summed E-state index contributed by atoms with van der Waals surface area (Å²) in [6.45, 7) is 5.20.